The second-order valence-electron chi connectivity index (χ2n) is 3.37. The number of aromatic nitrogens is 3. The number of carbonyl (C=O) groups excluding carboxylic acids is 1. The van der Waals surface area contributed by atoms with E-state index >= 15 is 0 Å². The first-order valence-electron chi connectivity index (χ1n) is 4.76. The van der Waals surface area contributed by atoms with E-state index in [-0.39, 0.29) is 11.4 Å². The van der Waals surface area contributed by atoms with E-state index in [0.29, 0.717) is 17.7 Å². The molecule has 0 aliphatic carbocycles. The molecule has 0 amide bonds. The molecule has 0 fully saturated rings. The highest BCUT2D eigenvalue weighted by Gasteiger charge is 2.12. The molecule has 7 nitrogen and oxygen atoms in total. The Balaban J connectivity index is 2.52. The summed E-state index contributed by atoms with van der Waals surface area (Å²) in [7, 11) is 0. The fourth-order valence-corrected chi connectivity index (χ4v) is 1.43. The van der Waals surface area contributed by atoms with Gasteiger partial charge in [-0.15, -0.1) is 5.10 Å². The third-order valence-electron chi connectivity index (χ3n) is 2.33. The summed E-state index contributed by atoms with van der Waals surface area (Å²) in [6, 6.07) is 5.96. The molecule has 2 rings (SSSR count). The highest BCUT2D eigenvalue weighted by molar-refractivity contribution is 5.73. The van der Waals surface area contributed by atoms with Crippen molar-refractivity contribution in [1.29, 1.82) is 0 Å². The van der Waals surface area contributed by atoms with Gasteiger partial charge >= 0.3 is 0 Å². The summed E-state index contributed by atoms with van der Waals surface area (Å²) in [5.41, 5.74) is 1.22. The summed E-state index contributed by atoms with van der Waals surface area (Å²) in [5, 5.41) is 18.1. The highest BCUT2D eigenvalue weighted by Crippen LogP contribution is 2.17. The van der Waals surface area contributed by atoms with Gasteiger partial charge in [0.25, 0.3) is 5.69 Å². The maximum absolute atomic E-state index is 10.6. The van der Waals surface area contributed by atoms with Crippen LogP contribution < -0.4 is 0 Å². The predicted molar refractivity (Wildman–Crippen MR) is 58.1 cm³/mol. The van der Waals surface area contributed by atoms with Crippen LogP contribution in [0.1, 0.15) is 16.2 Å². The van der Waals surface area contributed by atoms with Gasteiger partial charge in [-0.3, -0.25) is 14.9 Å². The van der Waals surface area contributed by atoms with Crippen LogP contribution in [0.5, 0.6) is 0 Å². The first-order chi connectivity index (χ1) is 8.13. The third kappa shape index (κ3) is 1.89. The fourth-order valence-electron chi connectivity index (χ4n) is 1.43. The van der Waals surface area contributed by atoms with E-state index in [2.05, 4.69) is 10.3 Å². The molecule has 0 saturated heterocycles. The van der Waals surface area contributed by atoms with Crippen LogP contribution in [0.15, 0.2) is 24.3 Å². The minimum atomic E-state index is -0.490. The van der Waals surface area contributed by atoms with Crippen LogP contribution in [0.3, 0.4) is 0 Å². The van der Waals surface area contributed by atoms with E-state index < -0.39 is 4.92 Å². The Hall–Kier alpha value is -2.57. The molecule has 0 N–H and O–H groups in total. The fraction of sp³-hybridized carbons (Fsp3) is 0.100. The molecule has 17 heavy (non-hydrogen) atoms. The molecule has 0 saturated carbocycles. The quantitative estimate of drug-likeness (QED) is 0.451. The van der Waals surface area contributed by atoms with Crippen molar-refractivity contribution in [2.24, 2.45) is 0 Å². The van der Waals surface area contributed by atoms with E-state index in [9.17, 15) is 14.9 Å². The Bertz CT molecular complexity index is 591. The van der Waals surface area contributed by atoms with Crippen LogP contribution >= 0.6 is 0 Å². The standard InChI is InChI=1S/C10H8N4O3/c1-7-10(6-15)11-12-13(7)8-3-2-4-9(5-8)14(16)17/h2-6H,1H3. The average Bonchev–Trinajstić information content (AvgIpc) is 2.70. The SMILES string of the molecule is Cc1c(C=O)nnn1-c1cccc([N+](=O)[O-])c1. The number of benzene rings is 1. The van der Waals surface area contributed by atoms with Gasteiger partial charge in [0.2, 0.25) is 0 Å². The van der Waals surface area contributed by atoms with Gasteiger partial charge in [0, 0.05) is 12.1 Å². The van der Waals surface area contributed by atoms with E-state index in [1.807, 2.05) is 0 Å². The molecular weight excluding hydrogens is 224 g/mol. The van der Waals surface area contributed by atoms with E-state index in [1.54, 1.807) is 19.1 Å². The van der Waals surface area contributed by atoms with Crippen molar-refractivity contribution in [3.63, 3.8) is 0 Å². The Morgan fingerprint density at radius 1 is 1.47 bits per heavy atom. The Labute approximate surface area is 95.8 Å². The molecule has 0 spiro atoms. The Morgan fingerprint density at radius 3 is 2.82 bits per heavy atom. The van der Waals surface area contributed by atoms with Crippen LogP contribution in [0.4, 0.5) is 5.69 Å². The zero-order valence-corrected chi connectivity index (χ0v) is 8.90. The summed E-state index contributed by atoms with van der Waals surface area (Å²) in [5.74, 6) is 0. The number of hydrogen-bond donors (Lipinski definition) is 0. The van der Waals surface area contributed by atoms with Gasteiger partial charge in [0.1, 0.15) is 5.69 Å². The van der Waals surface area contributed by atoms with Crippen LogP contribution in [-0.4, -0.2) is 26.2 Å². The molecule has 1 aromatic carbocycles. The average molecular weight is 232 g/mol. The molecule has 0 aliphatic rings. The zero-order valence-electron chi connectivity index (χ0n) is 8.90. The van der Waals surface area contributed by atoms with Crippen molar-refractivity contribution in [3.05, 3.63) is 45.8 Å². The molecule has 2 aromatic rings. The van der Waals surface area contributed by atoms with E-state index in [4.69, 9.17) is 0 Å². The second kappa shape index (κ2) is 4.12. The summed E-state index contributed by atoms with van der Waals surface area (Å²) in [6.07, 6.45) is 0.593. The summed E-state index contributed by atoms with van der Waals surface area (Å²) in [6.45, 7) is 1.67. The number of nitro groups is 1. The van der Waals surface area contributed by atoms with Gasteiger partial charge < -0.3 is 0 Å². The largest absolute Gasteiger partial charge is 0.296 e. The monoisotopic (exact) mass is 232 g/mol. The number of nitrogens with zero attached hydrogens (tertiary/aromatic N) is 4. The molecule has 0 radical (unpaired) electrons. The van der Waals surface area contributed by atoms with Crippen LogP contribution in [-0.2, 0) is 0 Å². The minimum Gasteiger partial charge on any atom is -0.296 e. The maximum Gasteiger partial charge on any atom is 0.271 e. The number of aldehydes is 1. The summed E-state index contributed by atoms with van der Waals surface area (Å²) in [4.78, 5) is 20.8. The maximum atomic E-state index is 10.6. The Kier molecular flexibility index (Phi) is 2.65. The number of nitro benzene ring substituents is 1. The van der Waals surface area contributed by atoms with Crippen molar-refractivity contribution < 1.29 is 9.72 Å². The lowest BCUT2D eigenvalue weighted by Crippen LogP contribution is -2.00. The topological polar surface area (TPSA) is 90.9 Å². The van der Waals surface area contributed by atoms with Gasteiger partial charge in [-0.1, -0.05) is 11.3 Å². The number of carbonyl (C=O) groups is 1. The lowest BCUT2D eigenvalue weighted by molar-refractivity contribution is -0.384. The summed E-state index contributed by atoms with van der Waals surface area (Å²) >= 11 is 0. The molecule has 0 atom stereocenters. The zero-order chi connectivity index (χ0) is 12.4. The van der Waals surface area contributed by atoms with Gasteiger partial charge in [-0.2, -0.15) is 0 Å². The van der Waals surface area contributed by atoms with Crippen LogP contribution in [0, 0.1) is 17.0 Å². The first kappa shape index (κ1) is 10.9. The number of hydrogen-bond acceptors (Lipinski definition) is 5. The summed E-state index contributed by atoms with van der Waals surface area (Å²) < 4.78 is 1.39. The first-order valence-corrected chi connectivity index (χ1v) is 4.76. The molecule has 0 bridgehead atoms. The van der Waals surface area contributed by atoms with Crippen molar-refractivity contribution in [2.45, 2.75) is 6.92 Å². The van der Waals surface area contributed by atoms with Crippen molar-refractivity contribution in [3.8, 4) is 5.69 Å². The van der Waals surface area contributed by atoms with Crippen LogP contribution in [0.25, 0.3) is 5.69 Å². The van der Waals surface area contributed by atoms with Gasteiger partial charge in [0.05, 0.1) is 16.3 Å². The molecule has 0 unspecified atom stereocenters. The third-order valence-corrected chi connectivity index (χ3v) is 2.33. The van der Waals surface area contributed by atoms with Crippen molar-refractivity contribution >= 4 is 12.0 Å². The van der Waals surface area contributed by atoms with Crippen molar-refractivity contribution in [2.75, 3.05) is 0 Å². The number of rotatable bonds is 3. The minimum absolute atomic E-state index is 0.0370. The predicted octanol–water partition coefficient (Wildman–Crippen LogP) is 1.30. The molecule has 1 heterocycles. The molecule has 86 valence electrons. The molecule has 7 heteroatoms. The van der Waals surface area contributed by atoms with Gasteiger partial charge in [0.15, 0.2) is 6.29 Å². The van der Waals surface area contributed by atoms with Crippen molar-refractivity contribution in [1.82, 2.24) is 15.0 Å². The van der Waals surface area contributed by atoms with E-state index in [1.165, 1.54) is 16.8 Å². The second-order valence-corrected chi connectivity index (χ2v) is 3.37. The lowest BCUT2D eigenvalue weighted by atomic mass is 10.2. The molecule has 0 aliphatic heterocycles. The highest BCUT2D eigenvalue weighted by atomic mass is 16.6. The van der Waals surface area contributed by atoms with Gasteiger partial charge in [-0.25, -0.2) is 4.68 Å². The smallest absolute Gasteiger partial charge is 0.271 e. The van der Waals surface area contributed by atoms with E-state index in [0.717, 1.165) is 0 Å². The molecular formula is C10H8N4O3. The lowest BCUT2D eigenvalue weighted by Gasteiger charge is -2.02. The number of non-ortho nitro benzene ring substituents is 1. The van der Waals surface area contributed by atoms with Crippen LogP contribution in [0.2, 0.25) is 0 Å². The normalized spacial score (nSPS) is 10.2. The van der Waals surface area contributed by atoms with Gasteiger partial charge in [-0.05, 0) is 13.0 Å². The molecule has 1 aromatic heterocycles. The Morgan fingerprint density at radius 2 is 2.24 bits per heavy atom.